The van der Waals surface area contributed by atoms with E-state index in [0.29, 0.717) is 22.9 Å². The highest BCUT2D eigenvalue weighted by atomic mass is 79.9. The maximum absolute atomic E-state index is 12.2. The Morgan fingerprint density at radius 2 is 1.88 bits per heavy atom. The van der Waals surface area contributed by atoms with Crippen molar-refractivity contribution in [1.29, 1.82) is 0 Å². The van der Waals surface area contributed by atoms with Gasteiger partial charge >= 0.3 is 5.97 Å². The Balaban J connectivity index is 2.02. The van der Waals surface area contributed by atoms with Crippen LogP contribution in [-0.2, 0) is 9.53 Å². The summed E-state index contributed by atoms with van der Waals surface area (Å²) < 4.78 is 11.1. The van der Waals surface area contributed by atoms with Crippen LogP contribution in [0.25, 0.3) is 0 Å². The lowest BCUT2D eigenvalue weighted by molar-refractivity contribution is -0.118. The van der Waals surface area contributed by atoms with Crippen LogP contribution in [-0.4, -0.2) is 25.6 Å². The van der Waals surface area contributed by atoms with Gasteiger partial charge in [0.05, 0.1) is 17.1 Å². The standard InChI is InChI=1S/C20H22BrNO4/c1-12(2)14-7-8-18(16(21)9-14)26-11-19(23)22-17-10-15(20(24)25-4)6-5-13(17)3/h5-10,12H,11H2,1-4H3,(H,22,23). The zero-order chi connectivity index (χ0) is 19.3. The zero-order valence-corrected chi connectivity index (χ0v) is 16.8. The van der Waals surface area contributed by atoms with E-state index in [0.717, 1.165) is 10.0 Å². The molecule has 5 nitrogen and oxygen atoms in total. The van der Waals surface area contributed by atoms with E-state index in [2.05, 4.69) is 35.1 Å². The predicted molar refractivity (Wildman–Crippen MR) is 105 cm³/mol. The monoisotopic (exact) mass is 419 g/mol. The summed E-state index contributed by atoms with van der Waals surface area (Å²) in [6.07, 6.45) is 0. The van der Waals surface area contributed by atoms with E-state index < -0.39 is 5.97 Å². The normalized spacial score (nSPS) is 10.5. The van der Waals surface area contributed by atoms with Gasteiger partial charge < -0.3 is 14.8 Å². The Bertz CT molecular complexity index is 817. The number of hydrogen-bond donors (Lipinski definition) is 1. The van der Waals surface area contributed by atoms with Crippen molar-refractivity contribution in [2.75, 3.05) is 19.0 Å². The van der Waals surface area contributed by atoms with E-state index in [1.807, 2.05) is 25.1 Å². The summed E-state index contributed by atoms with van der Waals surface area (Å²) in [6, 6.07) is 10.8. The lowest BCUT2D eigenvalue weighted by Crippen LogP contribution is -2.21. The van der Waals surface area contributed by atoms with Crippen LogP contribution in [0.15, 0.2) is 40.9 Å². The van der Waals surface area contributed by atoms with Crippen molar-refractivity contribution in [3.63, 3.8) is 0 Å². The molecule has 0 saturated carbocycles. The number of nitrogens with one attached hydrogen (secondary N) is 1. The minimum atomic E-state index is -0.453. The number of hydrogen-bond acceptors (Lipinski definition) is 4. The SMILES string of the molecule is COC(=O)c1ccc(C)c(NC(=O)COc2ccc(C(C)C)cc2Br)c1. The molecule has 0 unspecified atom stereocenters. The first-order valence-corrected chi connectivity index (χ1v) is 9.02. The number of esters is 1. The van der Waals surface area contributed by atoms with Crippen molar-refractivity contribution in [2.45, 2.75) is 26.7 Å². The third-order valence-electron chi connectivity index (χ3n) is 3.91. The first kappa shape index (κ1) is 20.0. The third-order valence-corrected chi connectivity index (χ3v) is 4.53. The summed E-state index contributed by atoms with van der Waals surface area (Å²) in [4.78, 5) is 23.8. The van der Waals surface area contributed by atoms with Crippen molar-refractivity contribution < 1.29 is 19.1 Å². The third kappa shape index (κ3) is 5.08. The summed E-state index contributed by atoms with van der Waals surface area (Å²) in [5.41, 5.74) is 2.95. The fourth-order valence-corrected chi connectivity index (χ4v) is 2.84. The van der Waals surface area contributed by atoms with E-state index in [9.17, 15) is 9.59 Å². The van der Waals surface area contributed by atoms with Gasteiger partial charge in [0.15, 0.2) is 6.61 Å². The average molecular weight is 420 g/mol. The summed E-state index contributed by atoms with van der Waals surface area (Å²) >= 11 is 3.47. The van der Waals surface area contributed by atoms with Crippen LogP contribution in [0.2, 0.25) is 0 Å². The smallest absolute Gasteiger partial charge is 0.337 e. The molecule has 0 aromatic heterocycles. The van der Waals surface area contributed by atoms with Gasteiger partial charge in [-0.05, 0) is 64.2 Å². The minimum absolute atomic E-state index is 0.137. The minimum Gasteiger partial charge on any atom is -0.483 e. The molecule has 6 heteroatoms. The second-order valence-electron chi connectivity index (χ2n) is 6.20. The molecule has 1 amide bonds. The van der Waals surface area contributed by atoms with Gasteiger partial charge in [-0.3, -0.25) is 4.79 Å². The van der Waals surface area contributed by atoms with Crippen molar-refractivity contribution in [3.8, 4) is 5.75 Å². The van der Waals surface area contributed by atoms with E-state index in [1.165, 1.54) is 12.7 Å². The average Bonchev–Trinajstić information content (AvgIpc) is 2.61. The van der Waals surface area contributed by atoms with Gasteiger partial charge in [-0.2, -0.15) is 0 Å². The second kappa shape index (κ2) is 8.85. The van der Waals surface area contributed by atoms with Crippen LogP contribution in [0.3, 0.4) is 0 Å². The van der Waals surface area contributed by atoms with Crippen molar-refractivity contribution in [3.05, 3.63) is 57.6 Å². The van der Waals surface area contributed by atoms with Gasteiger partial charge in [-0.15, -0.1) is 0 Å². The molecule has 0 aliphatic rings. The number of carbonyl (C=O) groups excluding carboxylic acids is 2. The molecule has 0 spiro atoms. The number of anilines is 1. The fraction of sp³-hybridized carbons (Fsp3) is 0.300. The molecule has 2 aromatic rings. The van der Waals surface area contributed by atoms with Gasteiger partial charge in [0.2, 0.25) is 0 Å². The molecule has 138 valence electrons. The summed E-state index contributed by atoms with van der Waals surface area (Å²) in [5, 5.41) is 2.76. The molecule has 0 heterocycles. The highest BCUT2D eigenvalue weighted by Crippen LogP contribution is 2.29. The number of rotatable bonds is 6. The first-order chi connectivity index (χ1) is 12.3. The topological polar surface area (TPSA) is 64.6 Å². The van der Waals surface area contributed by atoms with Gasteiger partial charge in [0, 0.05) is 5.69 Å². The Kier molecular flexibility index (Phi) is 6.80. The number of halogens is 1. The maximum atomic E-state index is 12.2. The van der Waals surface area contributed by atoms with Gasteiger partial charge in [-0.25, -0.2) is 4.79 Å². The van der Waals surface area contributed by atoms with Crippen LogP contribution in [0.4, 0.5) is 5.69 Å². The number of carbonyl (C=O) groups is 2. The van der Waals surface area contributed by atoms with Gasteiger partial charge in [0.25, 0.3) is 5.91 Å². The van der Waals surface area contributed by atoms with E-state index >= 15 is 0 Å². The molecule has 0 bridgehead atoms. The van der Waals surface area contributed by atoms with Crippen molar-refractivity contribution in [2.24, 2.45) is 0 Å². The molecule has 26 heavy (non-hydrogen) atoms. The van der Waals surface area contributed by atoms with E-state index in [-0.39, 0.29) is 12.5 Å². The Labute approximate surface area is 161 Å². The van der Waals surface area contributed by atoms with Crippen LogP contribution >= 0.6 is 15.9 Å². The molecule has 1 N–H and O–H groups in total. The lowest BCUT2D eigenvalue weighted by atomic mass is 10.0. The zero-order valence-electron chi connectivity index (χ0n) is 15.3. The molecule has 0 aliphatic carbocycles. The Hall–Kier alpha value is -2.34. The molecule has 0 radical (unpaired) electrons. The predicted octanol–water partition coefficient (Wildman–Crippen LogP) is 4.69. The van der Waals surface area contributed by atoms with Gasteiger partial charge in [-0.1, -0.05) is 26.0 Å². The van der Waals surface area contributed by atoms with Crippen LogP contribution < -0.4 is 10.1 Å². The van der Waals surface area contributed by atoms with Crippen LogP contribution in [0, 0.1) is 6.92 Å². The Morgan fingerprint density at radius 3 is 2.50 bits per heavy atom. The van der Waals surface area contributed by atoms with Crippen molar-refractivity contribution >= 4 is 33.5 Å². The molecule has 2 rings (SSSR count). The number of aryl methyl sites for hydroxylation is 1. The fourth-order valence-electron chi connectivity index (χ4n) is 2.32. The quantitative estimate of drug-likeness (QED) is 0.689. The number of methoxy groups -OCH3 is 1. The summed E-state index contributed by atoms with van der Waals surface area (Å²) in [7, 11) is 1.32. The summed E-state index contributed by atoms with van der Waals surface area (Å²) in [6.45, 7) is 5.93. The summed E-state index contributed by atoms with van der Waals surface area (Å²) in [5.74, 6) is 0.249. The molecule has 0 fully saturated rings. The first-order valence-electron chi connectivity index (χ1n) is 8.23. The largest absolute Gasteiger partial charge is 0.483 e. The molecule has 2 aromatic carbocycles. The van der Waals surface area contributed by atoms with Crippen LogP contribution in [0.5, 0.6) is 5.75 Å². The number of amides is 1. The highest BCUT2D eigenvalue weighted by Gasteiger charge is 2.12. The van der Waals surface area contributed by atoms with Crippen molar-refractivity contribution in [1.82, 2.24) is 0 Å². The second-order valence-corrected chi connectivity index (χ2v) is 7.06. The molecule has 0 aliphatic heterocycles. The lowest BCUT2D eigenvalue weighted by Gasteiger charge is -2.13. The molecular formula is C20H22BrNO4. The number of ether oxygens (including phenoxy) is 2. The highest BCUT2D eigenvalue weighted by molar-refractivity contribution is 9.10. The molecule has 0 atom stereocenters. The molecule has 0 saturated heterocycles. The van der Waals surface area contributed by atoms with Crippen LogP contribution in [0.1, 0.15) is 41.3 Å². The maximum Gasteiger partial charge on any atom is 0.337 e. The molecular weight excluding hydrogens is 398 g/mol. The van der Waals surface area contributed by atoms with E-state index in [4.69, 9.17) is 9.47 Å². The number of benzene rings is 2. The van der Waals surface area contributed by atoms with E-state index in [1.54, 1.807) is 18.2 Å². The van der Waals surface area contributed by atoms with Gasteiger partial charge in [0.1, 0.15) is 5.75 Å². The Morgan fingerprint density at radius 1 is 1.15 bits per heavy atom.